The minimum absolute atomic E-state index is 0.00518. The number of hydrogen-bond donors (Lipinski definition) is 7. The van der Waals surface area contributed by atoms with E-state index in [4.69, 9.17) is 0 Å². The zero-order valence-corrected chi connectivity index (χ0v) is 34.3. The van der Waals surface area contributed by atoms with Gasteiger partial charge < -0.3 is 42.1 Å². The Morgan fingerprint density at radius 3 is 1.52 bits per heavy atom. The third-order valence-electron chi connectivity index (χ3n) is 8.15. The van der Waals surface area contributed by atoms with Gasteiger partial charge in [0.15, 0.2) is 0 Å². The molecule has 7 amide bonds. The molecule has 0 bridgehead atoms. The summed E-state index contributed by atoms with van der Waals surface area (Å²) in [7, 11) is 3.79. The summed E-state index contributed by atoms with van der Waals surface area (Å²) in [5.41, 5.74) is -4.17. The molecule has 0 aliphatic rings. The van der Waals surface area contributed by atoms with Gasteiger partial charge in [0.2, 0.25) is 41.4 Å². The Kier molecular flexibility index (Phi) is 20.1. The molecular formula is C37H70N8O7. The van der Waals surface area contributed by atoms with Gasteiger partial charge in [-0.25, -0.2) is 0 Å². The zero-order chi connectivity index (χ0) is 40.6. The van der Waals surface area contributed by atoms with Gasteiger partial charge >= 0.3 is 0 Å². The Hall–Kier alpha value is -3.75. The van der Waals surface area contributed by atoms with Crippen molar-refractivity contribution >= 4 is 41.4 Å². The largest absolute Gasteiger partial charge is 0.355 e. The second kappa shape index (κ2) is 21.7. The first-order valence-electron chi connectivity index (χ1n) is 18.5. The van der Waals surface area contributed by atoms with Crippen molar-refractivity contribution in [2.75, 3.05) is 33.7 Å². The number of amides is 7. The molecule has 0 fully saturated rings. The van der Waals surface area contributed by atoms with Gasteiger partial charge in [-0.3, -0.25) is 33.6 Å². The van der Waals surface area contributed by atoms with E-state index in [1.54, 1.807) is 13.8 Å². The molecule has 0 saturated carbocycles. The minimum Gasteiger partial charge on any atom is -0.355 e. The molecule has 0 spiro atoms. The van der Waals surface area contributed by atoms with Crippen molar-refractivity contribution in [3.05, 3.63) is 0 Å². The third-order valence-corrected chi connectivity index (χ3v) is 8.15. The van der Waals surface area contributed by atoms with Crippen molar-refractivity contribution in [2.45, 2.75) is 144 Å². The Morgan fingerprint density at radius 1 is 0.519 bits per heavy atom. The first kappa shape index (κ1) is 48.2. The van der Waals surface area contributed by atoms with Gasteiger partial charge in [0.05, 0.1) is 0 Å². The number of nitrogens with one attached hydrogen (secondary N) is 7. The molecule has 0 aromatic rings. The van der Waals surface area contributed by atoms with Crippen LogP contribution in [0, 0.1) is 17.8 Å². The molecule has 0 heterocycles. The Morgan fingerprint density at radius 2 is 1.02 bits per heavy atom. The van der Waals surface area contributed by atoms with Crippen LogP contribution in [0.5, 0.6) is 0 Å². The number of carbonyl (C=O) groups is 7. The standard InChI is InChI=1S/C37H70N8O7/c1-23(2)15-16-29(47)42-36(9,10)33(51)41-26(21-24(3)4)30(48)40-27(22-25(5)6)31(49)43-37(11,12)34(52)44-35(7,8)32(50)39-18-17-28(46)38-19-20-45(13)14/h23-27H,15-22H2,1-14H3,(H,38,46)(H,39,50)(H,40,48)(H,41,51)(H,42,47)(H,43,49)(H,44,52)/t26-,27-/m0/s1. The highest BCUT2D eigenvalue weighted by atomic mass is 16.2. The van der Waals surface area contributed by atoms with Crippen LogP contribution in [-0.2, 0) is 33.6 Å². The highest BCUT2D eigenvalue weighted by Gasteiger charge is 2.39. The molecule has 0 aromatic carbocycles. The summed E-state index contributed by atoms with van der Waals surface area (Å²) in [4.78, 5) is 93.4. The molecular weight excluding hydrogens is 668 g/mol. The van der Waals surface area contributed by atoms with Gasteiger partial charge in [0, 0.05) is 32.5 Å². The lowest BCUT2D eigenvalue weighted by Crippen LogP contribution is -2.65. The fraction of sp³-hybridized carbons (Fsp3) is 0.811. The number of carbonyl (C=O) groups excluding carboxylic acids is 7. The molecule has 52 heavy (non-hydrogen) atoms. The molecule has 0 aliphatic carbocycles. The van der Waals surface area contributed by atoms with E-state index in [-0.39, 0.29) is 55.9 Å². The van der Waals surface area contributed by atoms with Crippen LogP contribution < -0.4 is 37.2 Å². The second-order valence-corrected chi connectivity index (χ2v) is 16.8. The Balaban J connectivity index is 5.63. The molecule has 0 aromatic heterocycles. The van der Waals surface area contributed by atoms with Crippen LogP contribution in [0.25, 0.3) is 0 Å². The normalized spacial score (nSPS) is 13.3. The first-order chi connectivity index (χ1) is 23.7. The number of nitrogens with zero attached hydrogens (tertiary/aromatic N) is 1. The fourth-order valence-electron chi connectivity index (χ4n) is 4.87. The van der Waals surface area contributed by atoms with Gasteiger partial charge in [0.1, 0.15) is 28.7 Å². The predicted octanol–water partition coefficient (Wildman–Crippen LogP) is 1.35. The molecule has 0 aliphatic heterocycles. The van der Waals surface area contributed by atoms with Crippen molar-refractivity contribution in [2.24, 2.45) is 17.8 Å². The maximum absolute atomic E-state index is 13.7. The van der Waals surface area contributed by atoms with Crippen molar-refractivity contribution in [3.8, 4) is 0 Å². The van der Waals surface area contributed by atoms with Gasteiger partial charge in [-0.1, -0.05) is 41.5 Å². The molecule has 0 unspecified atom stereocenters. The summed E-state index contributed by atoms with van der Waals surface area (Å²) < 4.78 is 0. The topological polar surface area (TPSA) is 207 Å². The van der Waals surface area contributed by atoms with Crippen LogP contribution in [0.15, 0.2) is 0 Å². The van der Waals surface area contributed by atoms with E-state index in [0.29, 0.717) is 25.4 Å². The SMILES string of the molecule is CC(C)CCC(=O)NC(C)(C)C(=O)N[C@@H](CC(C)C)C(=O)N[C@@H](CC(C)C)C(=O)NC(C)(C)C(=O)NC(C)(C)C(=O)NCCC(=O)NCCN(C)C. The van der Waals surface area contributed by atoms with Crippen LogP contribution in [-0.4, -0.2) is 109 Å². The molecule has 15 nitrogen and oxygen atoms in total. The highest BCUT2D eigenvalue weighted by molar-refractivity contribution is 5.98. The van der Waals surface area contributed by atoms with Gasteiger partial charge in [-0.15, -0.1) is 0 Å². The number of likely N-dealkylation sites (N-methyl/N-ethyl adjacent to an activating group) is 1. The van der Waals surface area contributed by atoms with E-state index in [1.807, 2.05) is 60.5 Å². The third kappa shape index (κ3) is 19.2. The Bertz CT molecular complexity index is 1230. The van der Waals surface area contributed by atoms with Crippen LogP contribution in [0.1, 0.15) is 115 Å². The summed E-state index contributed by atoms with van der Waals surface area (Å²) in [6.45, 7) is 22.0. The average molecular weight is 739 g/mol. The zero-order valence-electron chi connectivity index (χ0n) is 34.3. The molecule has 7 N–H and O–H groups in total. The summed E-state index contributed by atoms with van der Waals surface area (Å²) >= 11 is 0. The monoisotopic (exact) mass is 739 g/mol. The highest BCUT2D eigenvalue weighted by Crippen LogP contribution is 2.14. The maximum Gasteiger partial charge on any atom is 0.246 e. The van der Waals surface area contributed by atoms with E-state index in [0.717, 1.165) is 0 Å². The van der Waals surface area contributed by atoms with Crippen molar-refractivity contribution in [1.82, 2.24) is 42.1 Å². The molecule has 0 saturated heterocycles. The predicted molar refractivity (Wildman–Crippen MR) is 203 cm³/mol. The van der Waals surface area contributed by atoms with E-state index in [9.17, 15) is 33.6 Å². The first-order valence-corrected chi connectivity index (χ1v) is 18.5. The van der Waals surface area contributed by atoms with E-state index in [2.05, 4.69) is 37.2 Å². The second-order valence-electron chi connectivity index (χ2n) is 16.8. The van der Waals surface area contributed by atoms with Crippen LogP contribution >= 0.6 is 0 Å². The summed E-state index contributed by atoms with van der Waals surface area (Å²) in [6.07, 6.45) is 1.53. The smallest absolute Gasteiger partial charge is 0.246 e. The average Bonchev–Trinajstić information content (AvgIpc) is 2.97. The fourth-order valence-corrected chi connectivity index (χ4v) is 4.87. The summed E-state index contributed by atoms with van der Waals surface area (Å²) in [5.74, 6) is -3.04. The lowest BCUT2D eigenvalue weighted by atomic mass is 9.96. The lowest BCUT2D eigenvalue weighted by Gasteiger charge is -2.33. The van der Waals surface area contributed by atoms with Crippen molar-refractivity contribution in [1.29, 1.82) is 0 Å². The molecule has 0 rings (SSSR count). The van der Waals surface area contributed by atoms with Gasteiger partial charge in [-0.05, 0) is 92.7 Å². The maximum atomic E-state index is 13.7. The van der Waals surface area contributed by atoms with Gasteiger partial charge in [-0.2, -0.15) is 0 Å². The van der Waals surface area contributed by atoms with Crippen LogP contribution in [0.3, 0.4) is 0 Å². The summed E-state index contributed by atoms with van der Waals surface area (Å²) in [5, 5.41) is 19.1. The number of rotatable bonds is 23. The minimum atomic E-state index is -1.50. The van der Waals surface area contributed by atoms with Crippen LogP contribution in [0.2, 0.25) is 0 Å². The van der Waals surface area contributed by atoms with Crippen molar-refractivity contribution in [3.63, 3.8) is 0 Å². The van der Waals surface area contributed by atoms with Crippen molar-refractivity contribution < 1.29 is 33.6 Å². The van der Waals surface area contributed by atoms with E-state index in [1.165, 1.54) is 27.7 Å². The van der Waals surface area contributed by atoms with E-state index < -0.39 is 58.2 Å². The molecule has 300 valence electrons. The quantitative estimate of drug-likeness (QED) is 0.0813. The van der Waals surface area contributed by atoms with Crippen LogP contribution in [0.4, 0.5) is 0 Å². The van der Waals surface area contributed by atoms with E-state index >= 15 is 0 Å². The number of hydrogen-bond acceptors (Lipinski definition) is 8. The summed E-state index contributed by atoms with van der Waals surface area (Å²) in [6, 6.07) is -2.04. The van der Waals surface area contributed by atoms with Gasteiger partial charge in [0.25, 0.3) is 0 Å². The lowest BCUT2D eigenvalue weighted by molar-refractivity contribution is -0.139. The Labute approximate surface area is 312 Å². The molecule has 2 atom stereocenters. The molecule has 0 radical (unpaired) electrons. The molecule has 15 heteroatoms.